The van der Waals surface area contributed by atoms with Gasteiger partial charge < -0.3 is 15.4 Å². The highest BCUT2D eigenvalue weighted by Crippen LogP contribution is 2.23. The third-order valence-corrected chi connectivity index (χ3v) is 2.23. The average Bonchev–Trinajstić information content (AvgIpc) is 2.38. The van der Waals surface area contributed by atoms with E-state index in [-0.39, 0.29) is 5.91 Å². The Bertz CT molecular complexity index is 391. The normalized spacial score (nSPS) is 9.83. The van der Waals surface area contributed by atoms with E-state index in [4.69, 9.17) is 4.74 Å². The van der Waals surface area contributed by atoms with Gasteiger partial charge in [-0.2, -0.15) is 0 Å². The number of nitrogens with one attached hydrogen (secondary N) is 2. The zero-order valence-electron chi connectivity index (χ0n) is 10.7. The SMILES string of the molecule is C=CCOc1ccccc1NC(=O)CNCCC. The summed E-state index contributed by atoms with van der Waals surface area (Å²) < 4.78 is 5.46. The molecule has 0 aliphatic rings. The average molecular weight is 248 g/mol. The summed E-state index contributed by atoms with van der Waals surface area (Å²) in [6.07, 6.45) is 2.67. The van der Waals surface area contributed by atoms with Crippen LogP contribution < -0.4 is 15.4 Å². The minimum absolute atomic E-state index is 0.0712. The summed E-state index contributed by atoms with van der Waals surface area (Å²) >= 11 is 0. The number of hydrogen-bond acceptors (Lipinski definition) is 3. The molecule has 1 aromatic rings. The predicted molar refractivity (Wildman–Crippen MR) is 73.9 cm³/mol. The molecular formula is C14H20N2O2. The van der Waals surface area contributed by atoms with Crippen LogP contribution in [0.25, 0.3) is 0 Å². The van der Waals surface area contributed by atoms with Gasteiger partial charge in [0.1, 0.15) is 12.4 Å². The van der Waals surface area contributed by atoms with E-state index in [0.29, 0.717) is 24.6 Å². The van der Waals surface area contributed by atoms with E-state index in [1.807, 2.05) is 24.3 Å². The monoisotopic (exact) mass is 248 g/mol. The quantitative estimate of drug-likeness (QED) is 0.547. The third-order valence-electron chi connectivity index (χ3n) is 2.23. The molecule has 18 heavy (non-hydrogen) atoms. The first-order valence-electron chi connectivity index (χ1n) is 6.11. The molecule has 4 heteroatoms. The predicted octanol–water partition coefficient (Wildman–Crippen LogP) is 2.19. The second kappa shape index (κ2) is 8.31. The molecule has 4 nitrogen and oxygen atoms in total. The zero-order valence-corrected chi connectivity index (χ0v) is 10.7. The van der Waals surface area contributed by atoms with Crippen LogP contribution in [0.3, 0.4) is 0 Å². The number of hydrogen-bond donors (Lipinski definition) is 2. The van der Waals surface area contributed by atoms with Gasteiger partial charge in [-0.3, -0.25) is 4.79 Å². The number of carbonyl (C=O) groups excluding carboxylic acids is 1. The minimum atomic E-state index is -0.0712. The summed E-state index contributed by atoms with van der Waals surface area (Å²) in [5.41, 5.74) is 0.683. The molecule has 0 fully saturated rings. The van der Waals surface area contributed by atoms with Gasteiger partial charge in [-0.05, 0) is 25.1 Å². The molecule has 0 heterocycles. The highest BCUT2D eigenvalue weighted by molar-refractivity contribution is 5.93. The van der Waals surface area contributed by atoms with E-state index < -0.39 is 0 Å². The smallest absolute Gasteiger partial charge is 0.238 e. The van der Waals surface area contributed by atoms with Crippen molar-refractivity contribution in [2.45, 2.75) is 13.3 Å². The van der Waals surface area contributed by atoms with Gasteiger partial charge in [-0.1, -0.05) is 31.7 Å². The molecule has 1 rings (SSSR count). The topological polar surface area (TPSA) is 50.4 Å². The molecule has 0 aliphatic heterocycles. The summed E-state index contributed by atoms with van der Waals surface area (Å²) in [6, 6.07) is 7.36. The Labute approximate surface area is 108 Å². The molecule has 1 aromatic carbocycles. The highest BCUT2D eigenvalue weighted by Gasteiger charge is 2.06. The van der Waals surface area contributed by atoms with Crippen molar-refractivity contribution in [1.29, 1.82) is 0 Å². The van der Waals surface area contributed by atoms with Crippen molar-refractivity contribution in [2.24, 2.45) is 0 Å². The third kappa shape index (κ3) is 5.01. The molecule has 0 aliphatic carbocycles. The number of rotatable bonds is 8. The lowest BCUT2D eigenvalue weighted by Gasteiger charge is -2.11. The van der Waals surface area contributed by atoms with Crippen molar-refractivity contribution in [3.05, 3.63) is 36.9 Å². The molecule has 0 spiro atoms. The molecule has 0 bridgehead atoms. The van der Waals surface area contributed by atoms with E-state index >= 15 is 0 Å². The van der Waals surface area contributed by atoms with E-state index in [0.717, 1.165) is 13.0 Å². The lowest BCUT2D eigenvalue weighted by molar-refractivity contribution is -0.115. The summed E-state index contributed by atoms with van der Waals surface area (Å²) in [7, 11) is 0. The number of benzene rings is 1. The number of ether oxygens (including phenoxy) is 1. The Morgan fingerprint density at radius 3 is 2.94 bits per heavy atom. The van der Waals surface area contributed by atoms with Gasteiger partial charge in [0, 0.05) is 0 Å². The van der Waals surface area contributed by atoms with Gasteiger partial charge in [0.15, 0.2) is 0 Å². The first-order valence-corrected chi connectivity index (χ1v) is 6.11. The van der Waals surface area contributed by atoms with Crippen LogP contribution in [-0.2, 0) is 4.79 Å². The summed E-state index contributed by atoms with van der Waals surface area (Å²) in [4.78, 5) is 11.7. The van der Waals surface area contributed by atoms with Crippen LogP contribution in [0.15, 0.2) is 36.9 Å². The largest absolute Gasteiger partial charge is 0.487 e. The summed E-state index contributed by atoms with van der Waals surface area (Å²) in [5, 5.41) is 5.87. The zero-order chi connectivity index (χ0) is 13.2. The van der Waals surface area contributed by atoms with Gasteiger partial charge in [0.25, 0.3) is 0 Å². The molecule has 98 valence electrons. The standard InChI is InChI=1S/C14H20N2O2/c1-3-9-15-11-14(17)16-12-7-5-6-8-13(12)18-10-4-2/h4-8,15H,2-3,9-11H2,1H3,(H,16,17). The lowest BCUT2D eigenvalue weighted by Crippen LogP contribution is -2.28. The van der Waals surface area contributed by atoms with Gasteiger partial charge in [-0.25, -0.2) is 0 Å². The van der Waals surface area contributed by atoms with Gasteiger partial charge in [-0.15, -0.1) is 0 Å². The van der Waals surface area contributed by atoms with E-state index in [1.54, 1.807) is 6.08 Å². The highest BCUT2D eigenvalue weighted by atomic mass is 16.5. The fraction of sp³-hybridized carbons (Fsp3) is 0.357. The van der Waals surface area contributed by atoms with Crippen LogP contribution in [0.5, 0.6) is 5.75 Å². The molecule has 0 aromatic heterocycles. The fourth-order valence-corrected chi connectivity index (χ4v) is 1.42. The molecule has 0 saturated heterocycles. The Hall–Kier alpha value is -1.81. The number of para-hydroxylation sites is 2. The Morgan fingerprint density at radius 2 is 2.22 bits per heavy atom. The minimum Gasteiger partial charge on any atom is -0.487 e. The van der Waals surface area contributed by atoms with Crippen LogP contribution in [-0.4, -0.2) is 25.6 Å². The maximum atomic E-state index is 11.7. The maximum Gasteiger partial charge on any atom is 0.238 e. The molecule has 0 atom stereocenters. The second-order valence-electron chi connectivity index (χ2n) is 3.82. The first-order chi connectivity index (χ1) is 8.77. The molecule has 0 unspecified atom stereocenters. The Kier molecular flexibility index (Phi) is 6.58. The summed E-state index contributed by atoms with van der Waals surface area (Å²) in [5.74, 6) is 0.583. The second-order valence-corrected chi connectivity index (χ2v) is 3.82. The van der Waals surface area contributed by atoms with Crippen molar-refractivity contribution in [3.63, 3.8) is 0 Å². The van der Waals surface area contributed by atoms with Gasteiger partial charge in [0.2, 0.25) is 5.91 Å². The number of carbonyl (C=O) groups is 1. The van der Waals surface area contributed by atoms with Gasteiger partial charge >= 0.3 is 0 Å². The first kappa shape index (κ1) is 14.3. The van der Waals surface area contributed by atoms with Crippen molar-refractivity contribution in [3.8, 4) is 5.75 Å². The van der Waals surface area contributed by atoms with Crippen molar-refractivity contribution in [1.82, 2.24) is 5.32 Å². The molecule has 1 amide bonds. The van der Waals surface area contributed by atoms with Crippen LogP contribution in [0.1, 0.15) is 13.3 Å². The Balaban J connectivity index is 2.54. The summed E-state index contributed by atoms with van der Waals surface area (Å²) in [6.45, 7) is 7.21. The van der Waals surface area contributed by atoms with Crippen molar-refractivity contribution < 1.29 is 9.53 Å². The number of amides is 1. The van der Waals surface area contributed by atoms with Crippen LogP contribution in [0.2, 0.25) is 0 Å². The molecule has 2 N–H and O–H groups in total. The fourth-order valence-electron chi connectivity index (χ4n) is 1.42. The van der Waals surface area contributed by atoms with Crippen LogP contribution >= 0.6 is 0 Å². The van der Waals surface area contributed by atoms with Crippen LogP contribution in [0, 0.1) is 0 Å². The van der Waals surface area contributed by atoms with Crippen LogP contribution in [0.4, 0.5) is 5.69 Å². The molecule has 0 radical (unpaired) electrons. The number of anilines is 1. The van der Waals surface area contributed by atoms with E-state index in [9.17, 15) is 4.79 Å². The van der Waals surface area contributed by atoms with Gasteiger partial charge in [0.05, 0.1) is 12.2 Å². The lowest BCUT2D eigenvalue weighted by atomic mass is 10.3. The molecular weight excluding hydrogens is 228 g/mol. The van der Waals surface area contributed by atoms with Crippen molar-refractivity contribution in [2.75, 3.05) is 25.0 Å². The maximum absolute atomic E-state index is 11.7. The molecule has 0 saturated carbocycles. The van der Waals surface area contributed by atoms with E-state index in [2.05, 4.69) is 24.1 Å². The van der Waals surface area contributed by atoms with E-state index in [1.165, 1.54) is 0 Å². The Morgan fingerprint density at radius 1 is 1.44 bits per heavy atom. The van der Waals surface area contributed by atoms with Crippen molar-refractivity contribution >= 4 is 11.6 Å².